The van der Waals surface area contributed by atoms with Crippen molar-refractivity contribution in [2.45, 2.75) is 40.7 Å². The van der Waals surface area contributed by atoms with Gasteiger partial charge in [0.15, 0.2) is 0 Å². The number of nitrogens with one attached hydrogen (secondary N) is 1. The maximum Gasteiger partial charge on any atom is 0.355 e. The third-order valence-electron chi connectivity index (χ3n) is 6.45. The van der Waals surface area contributed by atoms with Gasteiger partial charge in [0.2, 0.25) is 0 Å². The third-order valence-corrected chi connectivity index (χ3v) is 6.45. The number of ketones is 1. The quantitative estimate of drug-likeness (QED) is 0.243. The van der Waals surface area contributed by atoms with Gasteiger partial charge in [-0.2, -0.15) is 0 Å². The Kier molecular flexibility index (Phi) is 8.11. The second-order valence-electron chi connectivity index (χ2n) is 8.39. The Hall–Kier alpha value is -3.46. The zero-order valence-corrected chi connectivity index (χ0v) is 20.8. The van der Waals surface area contributed by atoms with Gasteiger partial charge in [0.05, 0.1) is 18.2 Å². The summed E-state index contributed by atoms with van der Waals surface area (Å²) in [5.74, 6) is -3.34. The molecule has 1 aliphatic heterocycles. The predicted molar refractivity (Wildman–Crippen MR) is 129 cm³/mol. The Morgan fingerprint density at radius 1 is 1.17 bits per heavy atom. The van der Waals surface area contributed by atoms with E-state index in [1.807, 2.05) is 13.8 Å². The maximum atomic E-state index is 15.0. The molecule has 2 N–H and O–H groups in total. The lowest BCUT2D eigenvalue weighted by Crippen LogP contribution is -2.38. The van der Waals surface area contributed by atoms with Crippen LogP contribution in [-0.4, -0.2) is 70.3 Å². The summed E-state index contributed by atoms with van der Waals surface area (Å²) in [6.45, 7) is 11.3. The van der Waals surface area contributed by atoms with Crippen molar-refractivity contribution in [1.29, 1.82) is 0 Å². The Balaban J connectivity index is 2.18. The molecule has 0 aliphatic carbocycles. The van der Waals surface area contributed by atoms with E-state index in [0.29, 0.717) is 17.8 Å². The molecule has 0 bridgehead atoms. The van der Waals surface area contributed by atoms with E-state index in [2.05, 4.69) is 9.88 Å². The molecule has 1 saturated heterocycles. The number of aryl methyl sites for hydroxylation is 1. The number of amides is 1. The van der Waals surface area contributed by atoms with E-state index in [0.717, 1.165) is 13.1 Å². The summed E-state index contributed by atoms with van der Waals surface area (Å²) >= 11 is 0. The van der Waals surface area contributed by atoms with E-state index in [1.165, 1.54) is 23.1 Å². The highest BCUT2D eigenvalue weighted by Crippen LogP contribution is 2.41. The molecular weight excluding hydrogens is 453 g/mol. The number of rotatable bonds is 9. The molecule has 0 saturated carbocycles. The van der Waals surface area contributed by atoms with Crippen molar-refractivity contribution < 1.29 is 28.6 Å². The van der Waals surface area contributed by atoms with Crippen molar-refractivity contribution in [3.05, 3.63) is 63.7 Å². The van der Waals surface area contributed by atoms with Gasteiger partial charge in [-0.15, -0.1) is 0 Å². The number of H-pyrrole nitrogens is 1. The van der Waals surface area contributed by atoms with Crippen molar-refractivity contribution in [3.63, 3.8) is 0 Å². The number of nitrogens with zero attached hydrogens (tertiary/aromatic N) is 2. The zero-order valence-electron chi connectivity index (χ0n) is 20.8. The van der Waals surface area contributed by atoms with Gasteiger partial charge < -0.3 is 24.6 Å². The van der Waals surface area contributed by atoms with Gasteiger partial charge in [-0.05, 0) is 45.5 Å². The molecule has 2 aromatic rings. The number of halogens is 1. The largest absolute Gasteiger partial charge is 0.507 e. The Labute approximate surface area is 204 Å². The molecule has 1 amide bonds. The number of likely N-dealkylation sites (N-methyl/N-ethyl adjacent to an activating group) is 1. The number of hydrogen-bond donors (Lipinski definition) is 2. The molecular formula is C26H32FN3O5. The number of aliphatic hydroxyl groups excluding tert-OH is 1. The van der Waals surface area contributed by atoms with Gasteiger partial charge in [0, 0.05) is 29.9 Å². The molecule has 1 aromatic heterocycles. The smallest absolute Gasteiger partial charge is 0.355 e. The highest BCUT2D eigenvalue weighted by molar-refractivity contribution is 6.46. The van der Waals surface area contributed by atoms with Crippen molar-refractivity contribution in [1.82, 2.24) is 14.8 Å². The fraction of sp³-hybridized carbons (Fsp3) is 0.423. The van der Waals surface area contributed by atoms with Crippen LogP contribution < -0.4 is 0 Å². The van der Waals surface area contributed by atoms with Crippen LogP contribution in [0.3, 0.4) is 0 Å². The summed E-state index contributed by atoms with van der Waals surface area (Å²) in [6.07, 6.45) is 0. The predicted octanol–water partition coefficient (Wildman–Crippen LogP) is 3.71. The molecule has 35 heavy (non-hydrogen) atoms. The minimum atomic E-state index is -1.11. The zero-order chi connectivity index (χ0) is 25.9. The molecule has 188 valence electrons. The lowest BCUT2D eigenvalue weighted by molar-refractivity contribution is -0.140. The SMILES string of the molecule is CCOC(=O)c1[nH]c(C)c(/C(O)=C2\C(=O)C(=O)N(CCN(CC)CC)C2c2ccccc2F)c1C. The van der Waals surface area contributed by atoms with Gasteiger partial charge in [-0.1, -0.05) is 32.0 Å². The molecule has 3 rings (SSSR count). The van der Waals surface area contributed by atoms with E-state index in [4.69, 9.17) is 4.74 Å². The first-order valence-corrected chi connectivity index (χ1v) is 11.8. The molecule has 1 aliphatic rings. The van der Waals surface area contributed by atoms with E-state index >= 15 is 0 Å². The van der Waals surface area contributed by atoms with Crippen LogP contribution in [0.15, 0.2) is 29.8 Å². The van der Waals surface area contributed by atoms with Gasteiger partial charge >= 0.3 is 5.97 Å². The van der Waals surface area contributed by atoms with Gasteiger partial charge in [-0.3, -0.25) is 9.59 Å². The van der Waals surface area contributed by atoms with E-state index in [-0.39, 0.29) is 35.5 Å². The highest BCUT2D eigenvalue weighted by Gasteiger charge is 2.47. The van der Waals surface area contributed by atoms with E-state index in [9.17, 15) is 23.9 Å². The summed E-state index contributed by atoms with van der Waals surface area (Å²) < 4.78 is 20.0. The Morgan fingerprint density at radius 2 is 1.83 bits per heavy atom. The first kappa shape index (κ1) is 26.2. The average molecular weight is 486 g/mol. The molecule has 8 nitrogen and oxygen atoms in total. The first-order chi connectivity index (χ1) is 16.7. The van der Waals surface area contributed by atoms with Crippen LogP contribution >= 0.6 is 0 Å². The number of likely N-dealkylation sites (tertiary alicyclic amines) is 1. The normalized spacial score (nSPS) is 17.5. The molecule has 2 heterocycles. The number of aromatic amines is 1. The number of Topliss-reactive ketones (excluding diaryl/α,β-unsaturated/α-hetero) is 1. The summed E-state index contributed by atoms with van der Waals surface area (Å²) in [4.78, 5) is 45.0. The standard InChI is InChI=1S/C26H32FN3O5/c1-6-29(7-2)13-14-30-22(17-11-9-10-12-18(17)27)20(24(32)25(30)33)23(31)19-15(4)21(28-16(19)5)26(34)35-8-3/h9-12,22,28,31H,6-8,13-14H2,1-5H3/b23-20+. The lowest BCUT2D eigenvalue weighted by atomic mass is 9.93. The maximum absolute atomic E-state index is 15.0. The number of carbonyl (C=O) groups excluding carboxylic acids is 3. The summed E-state index contributed by atoms with van der Waals surface area (Å²) in [6, 6.07) is 4.80. The van der Waals surface area contributed by atoms with Gasteiger partial charge in [-0.25, -0.2) is 9.18 Å². The number of aliphatic hydroxyl groups is 1. The summed E-state index contributed by atoms with van der Waals surface area (Å²) in [7, 11) is 0. The van der Waals surface area contributed by atoms with Gasteiger partial charge in [0.25, 0.3) is 11.7 Å². The van der Waals surface area contributed by atoms with Crippen molar-refractivity contribution in [3.8, 4) is 0 Å². The summed E-state index contributed by atoms with van der Waals surface area (Å²) in [5, 5.41) is 11.4. The van der Waals surface area contributed by atoms with Crippen LogP contribution in [0.5, 0.6) is 0 Å². The Bertz CT molecular complexity index is 1170. The second kappa shape index (κ2) is 10.9. The first-order valence-electron chi connectivity index (χ1n) is 11.8. The van der Waals surface area contributed by atoms with E-state index < -0.39 is 35.3 Å². The molecule has 0 spiro atoms. The lowest BCUT2D eigenvalue weighted by Gasteiger charge is -2.28. The fourth-order valence-corrected chi connectivity index (χ4v) is 4.57. The third kappa shape index (κ3) is 4.86. The number of aromatic nitrogens is 1. The minimum absolute atomic E-state index is 0.115. The Morgan fingerprint density at radius 3 is 2.43 bits per heavy atom. The second-order valence-corrected chi connectivity index (χ2v) is 8.39. The van der Waals surface area contributed by atoms with Crippen LogP contribution in [-0.2, 0) is 14.3 Å². The minimum Gasteiger partial charge on any atom is -0.507 e. The molecule has 0 radical (unpaired) electrons. The molecule has 1 unspecified atom stereocenters. The van der Waals surface area contributed by atoms with Gasteiger partial charge in [0.1, 0.15) is 17.3 Å². The molecule has 1 aromatic carbocycles. The monoisotopic (exact) mass is 485 g/mol. The fourth-order valence-electron chi connectivity index (χ4n) is 4.57. The highest BCUT2D eigenvalue weighted by atomic mass is 19.1. The average Bonchev–Trinajstić information content (AvgIpc) is 3.27. The van der Waals surface area contributed by atoms with Crippen LogP contribution in [0.4, 0.5) is 4.39 Å². The van der Waals surface area contributed by atoms with Crippen LogP contribution in [0.1, 0.15) is 59.7 Å². The van der Waals surface area contributed by atoms with Crippen LogP contribution in [0, 0.1) is 19.7 Å². The number of ether oxygens (including phenoxy) is 1. The van der Waals surface area contributed by atoms with E-state index in [1.54, 1.807) is 26.8 Å². The summed E-state index contributed by atoms with van der Waals surface area (Å²) in [5.41, 5.74) is 1.06. The number of hydrogen-bond acceptors (Lipinski definition) is 6. The topological polar surface area (TPSA) is 103 Å². The number of benzene rings is 1. The molecule has 1 fully saturated rings. The van der Waals surface area contributed by atoms with Crippen molar-refractivity contribution in [2.75, 3.05) is 32.8 Å². The molecule has 1 atom stereocenters. The van der Waals surface area contributed by atoms with Crippen LogP contribution in [0.2, 0.25) is 0 Å². The molecule has 9 heteroatoms. The van der Waals surface area contributed by atoms with Crippen LogP contribution in [0.25, 0.3) is 5.76 Å². The number of carbonyl (C=O) groups is 3. The van der Waals surface area contributed by atoms with Crippen molar-refractivity contribution >= 4 is 23.4 Å². The van der Waals surface area contributed by atoms with Crippen molar-refractivity contribution in [2.24, 2.45) is 0 Å². The number of esters is 1.